The number of fused-ring (bicyclic) bond motifs is 1. The second kappa shape index (κ2) is 3.55. The minimum absolute atomic E-state index is 0.233. The first-order chi connectivity index (χ1) is 7.09. The standard InChI is InChI=1S/C10H11ClN4/c1-15(2)9-8-6(12)4-3-5-7(8)13-10(11)14-9/h3-5H,12H2,1-2H3. The van der Waals surface area contributed by atoms with Crippen molar-refractivity contribution in [2.75, 3.05) is 24.7 Å². The molecule has 0 aliphatic rings. The van der Waals surface area contributed by atoms with Crippen LogP contribution in [-0.4, -0.2) is 24.1 Å². The molecule has 78 valence electrons. The van der Waals surface area contributed by atoms with Crippen LogP contribution in [-0.2, 0) is 0 Å². The highest BCUT2D eigenvalue weighted by atomic mass is 35.5. The zero-order valence-electron chi connectivity index (χ0n) is 8.53. The lowest BCUT2D eigenvalue weighted by atomic mass is 10.2. The van der Waals surface area contributed by atoms with Gasteiger partial charge >= 0.3 is 0 Å². The van der Waals surface area contributed by atoms with Crippen molar-refractivity contribution >= 4 is 34.0 Å². The Bertz CT molecular complexity index is 510. The topological polar surface area (TPSA) is 55.0 Å². The molecule has 0 saturated carbocycles. The molecule has 1 heterocycles. The van der Waals surface area contributed by atoms with Crippen molar-refractivity contribution in [3.8, 4) is 0 Å². The molecule has 0 aliphatic heterocycles. The Labute approximate surface area is 92.7 Å². The maximum absolute atomic E-state index is 5.90. The summed E-state index contributed by atoms with van der Waals surface area (Å²) in [4.78, 5) is 10.2. The van der Waals surface area contributed by atoms with E-state index in [1.54, 1.807) is 0 Å². The van der Waals surface area contributed by atoms with Gasteiger partial charge < -0.3 is 10.6 Å². The van der Waals surface area contributed by atoms with Crippen LogP contribution >= 0.6 is 11.6 Å². The summed E-state index contributed by atoms with van der Waals surface area (Å²) in [5, 5.41) is 1.07. The smallest absolute Gasteiger partial charge is 0.224 e. The maximum Gasteiger partial charge on any atom is 0.224 e. The maximum atomic E-state index is 5.90. The van der Waals surface area contributed by atoms with Gasteiger partial charge in [0.25, 0.3) is 0 Å². The predicted octanol–water partition coefficient (Wildman–Crippen LogP) is 1.93. The van der Waals surface area contributed by atoms with Gasteiger partial charge in [-0.3, -0.25) is 0 Å². The van der Waals surface area contributed by atoms with Crippen molar-refractivity contribution in [1.29, 1.82) is 0 Å². The Kier molecular flexibility index (Phi) is 2.36. The number of halogens is 1. The van der Waals surface area contributed by atoms with E-state index in [0.717, 1.165) is 16.7 Å². The number of benzene rings is 1. The summed E-state index contributed by atoms with van der Waals surface area (Å²) in [5.41, 5.74) is 7.32. The van der Waals surface area contributed by atoms with Crippen LogP contribution < -0.4 is 10.6 Å². The highest BCUT2D eigenvalue weighted by Gasteiger charge is 2.10. The molecule has 5 heteroatoms. The number of rotatable bonds is 1. The van der Waals surface area contributed by atoms with Crippen molar-refractivity contribution in [2.45, 2.75) is 0 Å². The van der Waals surface area contributed by atoms with Crippen molar-refractivity contribution in [3.05, 3.63) is 23.5 Å². The fraction of sp³-hybridized carbons (Fsp3) is 0.200. The van der Waals surface area contributed by atoms with Gasteiger partial charge in [0.15, 0.2) is 0 Å². The number of nitrogens with two attached hydrogens (primary N) is 1. The summed E-state index contributed by atoms with van der Waals surface area (Å²) in [5.74, 6) is 0.739. The number of nitrogen functional groups attached to an aromatic ring is 1. The molecule has 2 rings (SSSR count). The Morgan fingerprint density at radius 1 is 1.27 bits per heavy atom. The van der Waals surface area contributed by atoms with E-state index in [1.807, 2.05) is 37.2 Å². The second-order valence-electron chi connectivity index (χ2n) is 3.45. The summed E-state index contributed by atoms with van der Waals surface area (Å²) in [6.07, 6.45) is 0. The van der Waals surface area contributed by atoms with Crippen LogP contribution in [0.15, 0.2) is 18.2 Å². The summed E-state index contributed by atoms with van der Waals surface area (Å²) in [6, 6.07) is 5.54. The highest BCUT2D eigenvalue weighted by Crippen LogP contribution is 2.28. The van der Waals surface area contributed by atoms with Crippen molar-refractivity contribution in [1.82, 2.24) is 9.97 Å². The van der Waals surface area contributed by atoms with E-state index in [1.165, 1.54) is 0 Å². The Hall–Kier alpha value is -1.55. The lowest BCUT2D eigenvalue weighted by Gasteiger charge is -2.15. The van der Waals surface area contributed by atoms with Crippen LogP contribution in [0.1, 0.15) is 0 Å². The monoisotopic (exact) mass is 222 g/mol. The molecule has 2 aromatic rings. The number of aromatic nitrogens is 2. The summed E-state index contributed by atoms with van der Waals surface area (Å²) in [7, 11) is 3.79. The van der Waals surface area contributed by atoms with Crippen LogP contribution in [0, 0.1) is 0 Å². The quantitative estimate of drug-likeness (QED) is 0.592. The minimum atomic E-state index is 0.233. The summed E-state index contributed by atoms with van der Waals surface area (Å²) < 4.78 is 0. The molecule has 0 aliphatic carbocycles. The van der Waals surface area contributed by atoms with Crippen LogP contribution in [0.2, 0.25) is 5.28 Å². The number of hydrogen-bond acceptors (Lipinski definition) is 4. The predicted molar refractivity (Wildman–Crippen MR) is 63.3 cm³/mol. The molecule has 2 N–H and O–H groups in total. The van der Waals surface area contributed by atoms with Crippen LogP contribution in [0.3, 0.4) is 0 Å². The molecule has 0 spiro atoms. The normalized spacial score (nSPS) is 10.6. The Morgan fingerprint density at radius 2 is 2.00 bits per heavy atom. The molecule has 0 bridgehead atoms. The fourth-order valence-electron chi connectivity index (χ4n) is 1.49. The third-order valence-corrected chi connectivity index (χ3v) is 2.30. The molecular formula is C10H11ClN4. The molecule has 0 saturated heterocycles. The van der Waals surface area contributed by atoms with Gasteiger partial charge in [-0.25, -0.2) is 4.98 Å². The van der Waals surface area contributed by atoms with Crippen molar-refractivity contribution in [3.63, 3.8) is 0 Å². The Balaban J connectivity index is 2.88. The van der Waals surface area contributed by atoms with E-state index in [-0.39, 0.29) is 5.28 Å². The molecule has 0 amide bonds. The third-order valence-electron chi connectivity index (χ3n) is 2.13. The zero-order chi connectivity index (χ0) is 11.0. The largest absolute Gasteiger partial charge is 0.398 e. The average molecular weight is 223 g/mol. The molecule has 1 aromatic carbocycles. The van der Waals surface area contributed by atoms with Crippen LogP contribution in [0.25, 0.3) is 10.9 Å². The molecule has 0 radical (unpaired) electrons. The van der Waals surface area contributed by atoms with Crippen molar-refractivity contribution < 1.29 is 0 Å². The highest BCUT2D eigenvalue weighted by molar-refractivity contribution is 6.29. The minimum Gasteiger partial charge on any atom is -0.398 e. The first-order valence-corrected chi connectivity index (χ1v) is 4.86. The van der Waals surface area contributed by atoms with E-state index >= 15 is 0 Å². The van der Waals surface area contributed by atoms with E-state index in [0.29, 0.717) is 5.69 Å². The molecule has 4 nitrogen and oxygen atoms in total. The fourth-order valence-corrected chi connectivity index (χ4v) is 1.66. The molecule has 0 unspecified atom stereocenters. The van der Waals surface area contributed by atoms with Gasteiger partial charge in [-0.15, -0.1) is 0 Å². The second-order valence-corrected chi connectivity index (χ2v) is 3.79. The third kappa shape index (κ3) is 1.68. The van der Waals surface area contributed by atoms with Gasteiger partial charge in [0, 0.05) is 19.8 Å². The molecule has 0 fully saturated rings. The summed E-state index contributed by atoms with van der Waals surface area (Å²) in [6.45, 7) is 0. The Morgan fingerprint density at radius 3 is 2.67 bits per heavy atom. The van der Waals surface area contributed by atoms with E-state index in [4.69, 9.17) is 17.3 Å². The van der Waals surface area contributed by atoms with Gasteiger partial charge in [-0.2, -0.15) is 4.98 Å². The lowest BCUT2D eigenvalue weighted by molar-refractivity contribution is 1.06. The number of hydrogen-bond donors (Lipinski definition) is 1. The zero-order valence-corrected chi connectivity index (χ0v) is 9.28. The van der Waals surface area contributed by atoms with E-state index in [2.05, 4.69) is 9.97 Å². The lowest BCUT2D eigenvalue weighted by Crippen LogP contribution is -2.12. The van der Waals surface area contributed by atoms with Crippen LogP contribution in [0.4, 0.5) is 11.5 Å². The SMILES string of the molecule is CN(C)c1nc(Cl)nc2cccc(N)c12. The summed E-state index contributed by atoms with van der Waals surface area (Å²) >= 11 is 5.83. The van der Waals surface area contributed by atoms with E-state index in [9.17, 15) is 0 Å². The van der Waals surface area contributed by atoms with Crippen molar-refractivity contribution in [2.24, 2.45) is 0 Å². The number of nitrogens with zero attached hydrogens (tertiary/aromatic N) is 3. The van der Waals surface area contributed by atoms with Gasteiger partial charge in [0.2, 0.25) is 5.28 Å². The molecular weight excluding hydrogens is 212 g/mol. The average Bonchev–Trinajstić information content (AvgIpc) is 2.16. The first kappa shape index (κ1) is 9.98. The van der Waals surface area contributed by atoms with Gasteiger partial charge in [-0.1, -0.05) is 6.07 Å². The first-order valence-electron chi connectivity index (χ1n) is 4.48. The van der Waals surface area contributed by atoms with Gasteiger partial charge in [-0.05, 0) is 23.7 Å². The molecule has 0 atom stereocenters. The van der Waals surface area contributed by atoms with Crippen LogP contribution in [0.5, 0.6) is 0 Å². The number of anilines is 2. The molecule has 15 heavy (non-hydrogen) atoms. The van der Waals surface area contributed by atoms with Gasteiger partial charge in [0.05, 0.1) is 10.9 Å². The van der Waals surface area contributed by atoms with E-state index < -0.39 is 0 Å². The molecule has 1 aromatic heterocycles. The van der Waals surface area contributed by atoms with Gasteiger partial charge in [0.1, 0.15) is 5.82 Å².